The molecule has 2 atom stereocenters. The number of esters is 1. The van der Waals surface area contributed by atoms with Gasteiger partial charge >= 0.3 is 5.97 Å². The Morgan fingerprint density at radius 1 is 0.350 bits per heavy atom. The van der Waals surface area contributed by atoms with Crippen molar-refractivity contribution >= 4 is 11.9 Å². The van der Waals surface area contributed by atoms with Crippen LogP contribution in [0.15, 0.2) is 48.6 Å². The lowest BCUT2D eigenvalue weighted by Crippen LogP contribution is -2.45. The summed E-state index contributed by atoms with van der Waals surface area (Å²) in [6.45, 7) is 4.91. The zero-order valence-electron chi connectivity index (χ0n) is 53.8. The number of hydrogen-bond donors (Lipinski definition) is 3. The van der Waals surface area contributed by atoms with Gasteiger partial charge in [-0.2, -0.15) is 0 Å². The van der Waals surface area contributed by atoms with Crippen molar-refractivity contribution in [3.8, 4) is 0 Å². The Morgan fingerprint density at radius 2 is 0.625 bits per heavy atom. The maximum atomic E-state index is 12.5. The van der Waals surface area contributed by atoms with Gasteiger partial charge in [0.1, 0.15) is 0 Å². The average Bonchev–Trinajstić information content (AvgIpc) is 3.46. The molecular weight excluding hydrogens is 983 g/mol. The van der Waals surface area contributed by atoms with Crippen LogP contribution in [0.4, 0.5) is 0 Å². The van der Waals surface area contributed by atoms with Gasteiger partial charge in [0.15, 0.2) is 0 Å². The van der Waals surface area contributed by atoms with E-state index in [-0.39, 0.29) is 18.5 Å². The van der Waals surface area contributed by atoms with Crippen LogP contribution >= 0.6 is 0 Å². The predicted molar refractivity (Wildman–Crippen MR) is 352 cm³/mol. The standard InChI is InChI=1S/C74H139NO5/c1-3-5-7-9-11-13-15-17-19-21-36-40-44-48-52-56-60-64-68-74(79)80-69-65-61-57-53-49-45-41-37-33-31-29-27-25-23-22-24-26-28-30-32-35-39-43-47-51-55-59-63-67-73(78)75-71(70-76)72(77)66-62-58-54-50-46-42-38-34-20-18-16-14-12-10-8-6-4-2/h13,15,19,21-23,62,66,71-72,76-77H,3-12,14,16-18,20,24-61,63-65,67-70H2,1-2H3,(H,75,78)/b15-13-,21-19-,23-22-,66-62+. The Morgan fingerprint density at radius 3 is 0.975 bits per heavy atom. The van der Waals surface area contributed by atoms with Crippen molar-refractivity contribution in [3.05, 3.63) is 48.6 Å². The van der Waals surface area contributed by atoms with Gasteiger partial charge in [0.25, 0.3) is 0 Å². The summed E-state index contributed by atoms with van der Waals surface area (Å²) in [7, 11) is 0. The third kappa shape index (κ3) is 65.0. The van der Waals surface area contributed by atoms with Crippen LogP contribution in [0.25, 0.3) is 0 Å². The van der Waals surface area contributed by atoms with Gasteiger partial charge in [0, 0.05) is 12.8 Å². The third-order valence-electron chi connectivity index (χ3n) is 16.6. The molecule has 0 saturated carbocycles. The molecule has 470 valence electrons. The van der Waals surface area contributed by atoms with E-state index >= 15 is 0 Å². The van der Waals surface area contributed by atoms with Gasteiger partial charge in [-0.1, -0.05) is 332 Å². The zero-order chi connectivity index (χ0) is 57.8. The van der Waals surface area contributed by atoms with Crippen LogP contribution in [-0.4, -0.2) is 47.4 Å². The van der Waals surface area contributed by atoms with E-state index in [0.29, 0.717) is 19.4 Å². The van der Waals surface area contributed by atoms with Crippen LogP contribution in [0.5, 0.6) is 0 Å². The molecule has 0 aliphatic rings. The van der Waals surface area contributed by atoms with Gasteiger partial charge in [0.05, 0.1) is 25.4 Å². The van der Waals surface area contributed by atoms with Crippen LogP contribution in [0, 0.1) is 0 Å². The Balaban J connectivity index is 3.39. The van der Waals surface area contributed by atoms with Gasteiger partial charge in [-0.25, -0.2) is 0 Å². The number of carbonyl (C=O) groups excluding carboxylic acids is 2. The second kappa shape index (κ2) is 69.3. The fourth-order valence-corrected chi connectivity index (χ4v) is 11.1. The van der Waals surface area contributed by atoms with E-state index in [1.54, 1.807) is 6.08 Å². The largest absolute Gasteiger partial charge is 0.466 e. The molecule has 3 N–H and O–H groups in total. The first-order chi connectivity index (χ1) is 39.5. The van der Waals surface area contributed by atoms with E-state index in [4.69, 9.17) is 4.74 Å². The Hall–Kier alpha value is -2.18. The number of hydrogen-bond acceptors (Lipinski definition) is 5. The summed E-state index contributed by atoms with van der Waals surface area (Å²) >= 11 is 0. The van der Waals surface area contributed by atoms with Crippen LogP contribution in [0.2, 0.25) is 0 Å². The lowest BCUT2D eigenvalue weighted by atomic mass is 10.0. The summed E-state index contributed by atoms with van der Waals surface area (Å²) in [4.78, 5) is 24.6. The van der Waals surface area contributed by atoms with Gasteiger partial charge < -0.3 is 20.3 Å². The molecule has 0 spiro atoms. The van der Waals surface area contributed by atoms with E-state index in [2.05, 4.69) is 55.6 Å². The fraction of sp³-hybridized carbons (Fsp3) is 0.865. The Bertz CT molecular complexity index is 1340. The van der Waals surface area contributed by atoms with Crippen molar-refractivity contribution in [1.82, 2.24) is 5.32 Å². The van der Waals surface area contributed by atoms with Crippen molar-refractivity contribution in [2.45, 2.75) is 398 Å². The summed E-state index contributed by atoms with van der Waals surface area (Å²) in [5.41, 5.74) is 0. The zero-order valence-corrected chi connectivity index (χ0v) is 53.8. The van der Waals surface area contributed by atoms with E-state index < -0.39 is 12.1 Å². The van der Waals surface area contributed by atoms with E-state index in [0.717, 1.165) is 51.4 Å². The molecule has 0 saturated heterocycles. The van der Waals surface area contributed by atoms with E-state index in [1.165, 1.54) is 308 Å². The van der Waals surface area contributed by atoms with Gasteiger partial charge in [-0.05, 0) is 89.9 Å². The normalized spacial score (nSPS) is 12.8. The topological polar surface area (TPSA) is 95.9 Å². The summed E-state index contributed by atoms with van der Waals surface area (Å²) in [6.07, 6.45) is 90.5. The van der Waals surface area contributed by atoms with E-state index in [1.807, 2.05) is 6.08 Å². The number of carbonyl (C=O) groups is 2. The highest BCUT2D eigenvalue weighted by atomic mass is 16.5. The molecule has 0 rings (SSSR count). The third-order valence-corrected chi connectivity index (χ3v) is 16.6. The average molecular weight is 1120 g/mol. The molecule has 1 amide bonds. The number of nitrogens with one attached hydrogen (secondary N) is 1. The number of rotatable bonds is 67. The summed E-state index contributed by atoms with van der Waals surface area (Å²) in [6, 6.07) is -0.629. The second-order valence-electron chi connectivity index (χ2n) is 24.6. The van der Waals surface area contributed by atoms with Gasteiger partial charge in [-0.3, -0.25) is 9.59 Å². The highest BCUT2D eigenvalue weighted by Crippen LogP contribution is 2.18. The minimum atomic E-state index is -0.845. The minimum Gasteiger partial charge on any atom is -0.466 e. The predicted octanol–water partition coefficient (Wildman–Crippen LogP) is 23.3. The smallest absolute Gasteiger partial charge is 0.305 e. The molecule has 0 aromatic carbocycles. The van der Waals surface area contributed by atoms with Crippen LogP contribution in [-0.2, 0) is 14.3 Å². The maximum absolute atomic E-state index is 12.5. The van der Waals surface area contributed by atoms with Crippen molar-refractivity contribution in [1.29, 1.82) is 0 Å². The molecule has 6 nitrogen and oxygen atoms in total. The molecule has 0 aromatic heterocycles. The Kier molecular flexibility index (Phi) is 67.4. The van der Waals surface area contributed by atoms with Crippen LogP contribution in [0.1, 0.15) is 386 Å². The molecule has 0 aromatic rings. The lowest BCUT2D eigenvalue weighted by Gasteiger charge is -2.20. The molecule has 0 heterocycles. The first-order valence-electron chi connectivity index (χ1n) is 35.9. The summed E-state index contributed by atoms with van der Waals surface area (Å²) in [5, 5.41) is 23.2. The van der Waals surface area contributed by atoms with E-state index in [9.17, 15) is 19.8 Å². The molecule has 0 bridgehead atoms. The number of aliphatic hydroxyl groups is 2. The molecule has 0 aliphatic carbocycles. The lowest BCUT2D eigenvalue weighted by molar-refractivity contribution is -0.143. The SMILES string of the molecule is CCCCCC/C=C\C/C=C\CCCCCCCCCC(=O)OCCCCCCCCCCCCCC/C=C\CCCCCCCCCCCCCCC(=O)NC(CO)C(O)/C=C/CCCCCCCCCCCCCCCCC. The highest BCUT2D eigenvalue weighted by Gasteiger charge is 2.18. The van der Waals surface area contributed by atoms with Crippen molar-refractivity contribution < 1.29 is 24.5 Å². The second-order valence-corrected chi connectivity index (χ2v) is 24.6. The molecule has 0 radical (unpaired) electrons. The quantitative estimate of drug-likeness (QED) is 0.0320. The summed E-state index contributed by atoms with van der Waals surface area (Å²) < 4.78 is 5.50. The van der Waals surface area contributed by atoms with Crippen molar-refractivity contribution in [2.75, 3.05) is 13.2 Å². The molecule has 6 heteroatoms. The summed E-state index contributed by atoms with van der Waals surface area (Å²) in [5.74, 6) is -0.0573. The first kappa shape index (κ1) is 77.8. The monoisotopic (exact) mass is 1120 g/mol. The van der Waals surface area contributed by atoms with Crippen molar-refractivity contribution in [2.24, 2.45) is 0 Å². The number of aliphatic hydroxyl groups excluding tert-OH is 2. The maximum Gasteiger partial charge on any atom is 0.305 e. The molecule has 0 aliphatic heterocycles. The number of allylic oxidation sites excluding steroid dienone is 7. The van der Waals surface area contributed by atoms with Gasteiger partial charge in [-0.15, -0.1) is 0 Å². The molecule has 0 fully saturated rings. The van der Waals surface area contributed by atoms with Crippen LogP contribution < -0.4 is 5.32 Å². The van der Waals surface area contributed by atoms with Gasteiger partial charge in [0.2, 0.25) is 5.91 Å². The Labute approximate surface area is 499 Å². The fourth-order valence-electron chi connectivity index (χ4n) is 11.1. The molecule has 80 heavy (non-hydrogen) atoms. The number of unbranched alkanes of at least 4 members (excludes halogenated alkanes) is 50. The molecular formula is C74H139NO5. The highest BCUT2D eigenvalue weighted by molar-refractivity contribution is 5.76. The number of ether oxygens (including phenoxy) is 1. The number of amides is 1. The van der Waals surface area contributed by atoms with Crippen molar-refractivity contribution in [3.63, 3.8) is 0 Å². The minimum absolute atomic E-state index is 0.00833. The molecule has 2 unspecified atom stereocenters. The van der Waals surface area contributed by atoms with Crippen LogP contribution in [0.3, 0.4) is 0 Å². The first-order valence-corrected chi connectivity index (χ1v) is 35.9.